The molecular weight excluding hydrogens is 328 g/mol. The summed E-state index contributed by atoms with van der Waals surface area (Å²) in [6, 6.07) is 7.13. The Morgan fingerprint density at radius 2 is 2.00 bits per heavy atom. The predicted molar refractivity (Wildman–Crippen MR) is 80.6 cm³/mol. The third-order valence-electron chi connectivity index (χ3n) is 3.27. The van der Waals surface area contributed by atoms with E-state index in [-0.39, 0.29) is 16.7 Å². The van der Waals surface area contributed by atoms with Crippen molar-refractivity contribution in [2.45, 2.75) is 16.6 Å². The smallest absolute Gasteiger partial charge is 0.277 e. The minimum Gasteiger partial charge on any atom is -0.497 e. The normalized spacial score (nSPS) is 23.5. The first kappa shape index (κ1) is 15.3. The van der Waals surface area contributed by atoms with Crippen LogP contribution in [0.2, 0.25) is 0 Å². The van der Waals surface area contributed by atoms with Gasteiger partial charge in [-0.1, -0.05) is 11.8 Å². The van der Waals surface area contributed by atoms with Gasteiger partial charge in [0.15, 0.2) is 9.84 Å². The Morgan fingerprint density at radius 3 is 2.59 bits per heavy atom. The molecule has 1 N–H and O–H groups in total. The molecule has 118 valence electrons. The summed E-state index contributed by atoms with van der Waals surface area (Å²) >= 11 is 1.09. The zero-order chi connectivity index (χ0) is 15.7. The quantitative estimate of drug-likeness (QED) is 0.878. The first-order valence-corrected chi connectivity index (χ1v) is 9.20. The van der Waals surface area contributed by atoms with E-state index < -0.39 is 21.2 Å². The van der Waals surface area contributed by atoms with Gasteiger partial charge in [-0.3, -0.25) is 0 Å². The van der Waals surface area contributed by atoms with Gasteiger partial charge in [-0.25, -0.2) is 8.42 Å². The van der Waals surface area contributed by atoms with Crippen LogP contribution < -0.4 is 4.74 Å². The second-order valence-electron chi connectivity index (χ2n) is 4.90. The molecule has 0 bridgehead atoms. The number of benzene rings is 1. The maximum Gasteiger partial charge on any atom is 0.277 e. The highest BCUT2D eigenvalue weighted by Gasteiger charge is 2.38. The number of nitrogens with zero attached hydrogens (tertiary/aromatic N) is 2. The second-order valence-corrected chi connectivity index (χ2v) is 8.25. The van der Waals surface area contributed by atoms with Crippen LogP contribution in [0.1, 0.15) is 0 Å². The van der Waals surface area contributed by atoms with Gasteiger partial charge in [-0.2, -0.15) is 0 Å². The van der Waals surface area contributed by atoms with E-state index in [1.807, 2.05) is 0 Å². The molecule has 1 saturated heterocycles. The maximum atomic E-state index is 11.5. The summed E-state index contributed by atoms with van der Waals surface area (Å²) in [5, 5.41) is 17.4. The number of aliphatic hydroxyl groups excluding tert-OH is 1. The lowest BCUT2D eigenvalue weighted by atomic mass is 10.2. The fourth-order valence-corrected chi connectivity index (χ4v) is 5.50. The molecule has 0 amide bonds. The van der Waals surface area contributed by atoms with Crippen molar-refractivity contribution in [1.82, 2.24) is 10.2 Å². The first-order chi connectivity index (χ1) is 10.5. The van der Waals surface area contributed by atoms with Crippen LogP contribution in [0.25, 0.3) is 11.5 Å². The van der Waals surface area contributed by atoms with E-state index in [9.17, 15) is 13.5 Å². The molecule has 0 radical (unpaired) electrons. The zero-order valence-corrected chi connectivity index (χ0v) is 13.3. The lowest BCUT2D eigenvalue weighted by Crippen LogP contribution is -2.19. The zero-order valence-electron chi connectivity index (χ0n) is 11.7. The lowest BCUT2D eigenvalue weighted by molar-refractivity contribution is 0.207. The van der Waals surface area contributed by atoms with Crippen LogP contribution in [0.5, 0.6) is 5.75 Å². The molecule has 0 unspecified atom stereocenters. The van der Waals surface area contributed by atoms with Crippen LogP contribution in [-0.2, 0) is 9.84 Å². The third kappa shape index (κ3) is 3.26. The SMILES string of the molecule is COc1ccc(-c2nnc(S[C@@H]3CS(=O)(=O)C[C@@H]3O)o2)cc1. The number of thioether (sulfide) groups is 1. The summed E-state index contributed by atoms with van der Waals surface area (Å²) < 4.78 is 33.5. The number of aromatic nitrogens is 2. The molecule has 0 spiro atoms. The molecule has 2 aromatic rings. The molecule has 1 aliphatic heterocycles. The van der Waals surface area contributed by atoms with E-state index in [0.29, 0.717) is 5.89 Å². The monoisotopic (exact) mass is 342 g/mol. The summed E-state index contributed by atoms with van der Waals surface area (Å²) in [4.78, 5) is 0. The van der Waals surface area contributed by atoms with Crippen LogP contribution in [0.15, 0.2) is 33.9 Å². The highest BCUT2D eigenvalue weighted by Crippen LogP contribution is 2.32. The van der Waals surface area contributed by atoms with E-state index in [4.69, 9.17) is 9.15 Å². The van der Waals surface area contributed by atoms with Gasteiger partial charge >= 0.3 is 0 Å². The van der Waals surface area contributed by atoms with Crippen molar-refractivity contribution in [2.75, 3.05) is 18.6 Å². The van der Waals surface area contributed by atoms with Crippen molar-refractivity contribution in [3.05, 3.63) is 24.3 Å². The van der Waals surface area contributed by atoms with Crippen LogP contribution in [0, 0.1) is 0 Å². The molecule has 9 heteroatoms. The first-order valence-electron chi connectivity index (χ1n) is 6.50. The van der Waals surface area contributed by atoms with Crippen molar-refractivity contribution >= 4 is 21.6 Å². The standard InChI is InChI=1S/C13H14N2O5S2/c1-19-9-4-2-8(3-5-9)12-14-15-13(20-12)21-11-7-22(17,18)6-10(11)16/h2-5,10-11,16H,6-7H2,1H3/t10-,11+/m0/s1. The molecule has 0 aliphatic carbocycles. The molecule has 2 atom stereocenters. The molecule has 1 aromatic carbocycles. The fraction of sp³-hybridized carbons (Fsp3) is 0.385. The Bertz CT molecular complexity index is 757. The van der Waals surface area contributed by atoms with Crippen molar-refractivity contribution in [1.29, 1.82) is 0 Å². The minimum atomic E-state index is -3.19. The molecule has 22 heavy (non-hydrogen) atoms. The number of methoxy groups -OCH3 is 1. The molecule has 0 saturated carbocycles. The summed E-state index contributed by atoms with van der Waals surface area (Å²) in [5.41, 5.74) is 0.736. The van der Waals surface area contributed by atoms with E-state index in [2.05, 4.69) is 10.2 Å². The number of aliphatic hydroxyl groups is 1. The van der Waals surface area contributed by atoms with Crippen LogP contribution in [0.3, 0.4) is 0 Å². The average Bonchev–Trinajstić information content (AvgIpc) is 3.04. The topological polar surface area (TPSA) is 103 Å². The maximum absolute atomic E-state index is 11.5. The van der Waals surface area contributed by atoms with Crippen LogP contribution in [-0.4, -0.2) is 53.7 Å². The molecule has 1 fully saturated rings. The fourth-order valence-electron chi connectivity index (χ4n) is 2.15. The van der Waals surface area contributed by atoms with Gasteiger partial charge < -0.3 is 14.3 Å². The molecule has 1 aromatic heterocycles. The molecular formula is C13H14N2O5S2. The van der Waals surface area contributed by atoms with Crippen molar-refractivity contribution in [3.63, 3.8) is 0 Å². The number of ether oxygens (including phenoxy) is 1. The third-order valence-corrected chi connectivity index (χ3v) is 6.35. The van der Waals surface area contributed by atoms with E-state index >= 15 is 0 Å². The Morgan fingerprint density at radius 1 is 1.27 bits per heavy atom. The Labute approximate surface area is 131 Å². The summed E-state index contributed by atoms with van der Waals surface area (Å²) in [5.74, 6) is 0.751. The van der Waals surface area contributed by atoms with Crippen molar-refractivity contribution < 1.29 is 22.7 Å². The van der Waals surface area contributed by atoms with E-state index in [1.165, 1.54) is 0 Å². The largest absolute Gasteiger partial charge is 0.497 e. The summed E-state index contributed by atoms with van der Waals surface area (Å²) in [6.45, 7) is 0. The summed E-state index contributed by atoms with van der Waals surface area (Å²) in [7, 11) is -1.61. The van der Waals surface area contributed by atoms with Gasteiger partial charge in [0.25, 0.3) is 5.22 Å². The van der Waals surface area contributed by atoms with Gasteiger partial charge in [-0.05, 0) is 24.3 Å². The molecule has 7 nitrogen and oxygen atoms in total. The molecule has 2 heterocycles. The number of hydrogen-bond donors (Lipinski definition) is 1. The average molecular weight is 342 g/mol. The molecule has 1 aliphatic rings. The van der Waals surface area contributed by atoms with Crippen LogP contribution >= 0.6 is 11.8 Å². The lowest BCUT2D eigenvalue weighted by Gasteiger charge is -2.07. The van der Waals surface area contributed by atoms with Crippen molar-refractivity contribution in [3.8, 4) is 17.2 Å². The van der Waals surface area contributed by atoms with Gasteiger partial charge in [0.1, 0.15) is 5.75 Å². The molecule has 3 rings (SSSR count). The van der Waals surface area contributed by atoms with Gasteiger partial charge in [-0.15, -0.1) is 10.2 Å². The van der Waals surface area contributed by atoms with Crippen molar-refractivity contribution in [2.24, 2.45) is 0 Å². The van der Waals surface area contributed by atoms with E-state index in [1.54, 1.807) is 31.4 Å². The minimum absolute atomic E-state index is 0.0842. The Balaban J connectivity index is 1.73. The number of hydrogen-bond acceptors (Lipinski definition) is 8. The van der Waals surface area contributed by atoms with Gasteiger partial charge in [0, 0.05) is 5.56 Å². The highest BCUT2D eigenvalue weighted by atomic mass is 32.2. The highest BCUT2D eigenvalue weighted by molar-refractivity contribution is 8.01. The van der Waals surface area contributed by atoms with Crippen LogP contribution in [0.4, 0.5) is 0 Å². The van der Waals surface area contributed by atoms with Gasteiger partial charge in [0.05, 0.1) is 30.0 Å². The summed E-state index contributed by atoms with van der Waals surface area (Å²) in [6.07, 6.45) is -0.911. The second kappa shape index (κ2) is 5.90. The number of rotatable bonds is 4. The predicted octanol–water partition coefficient (Wildman–Crippen LogP) is 0.995. The Kier molecular flexibility index (Phi) is 4.11. The van der Waals surface area contributed by atoms with Gasteiger partial charge in [0.2, 0.25) is 5.89 Å². The number of sulfone groups is 1. The Hall–Kier alpha value is -1.58. The van der Waals surface area contributed by atoms with E-state index in [0.717, 1.165) is 23.1 Å².